The van der Waals surface area contributed by atoms with Gasteiger partial charge in [0.2, 0.25) is 0 Å². The monoisotopic (exact) mass is 407 g/mol. The lowest BCUT2D eigenvalue weighted by Crippen LogP contribution is -2.59. The molecule has 2 bridgehead atoms. The Morgan fingerprint density at radius 3 is 2.55 bits per heavy atom. The maximum absolute atomic E-state index is 14.3. The summed E-state index contributed by atoms with van der Waals surface area (Å²) in [5.74, 6) is -0.912. The van der Waals surface area contributed by atoms with Gasteiger partial charge in [0, 0.05) is 51.8 Å². The lowest BCUT2D eigenvalue weighted by atomic mass is 9.91. The lowest BCUT2D eigenvalue weighted by Gasteiger charge is -2.42. The van der Waals surface area contributed by atoms with Crippen LogP contribution >= 0.6 is 0 Å². The molecule has 0 spiro atoms. The van der Waals surface area contributed by atoms with Crippen LogP contribution in [0.3, 0.4) is 0 Å². The molecule has 0 N–H and O–H groups in total. The van der Waals surface area contributed by atoms with Crippen LogP contribution < -0.4 is 4.74 Å². The van der Waals surface area contributed by atoms with E-state index >= 15 is 0 Å². The minimum atomic E-state index is -0.837. The highest BCUT2D eigenvalue weighted by Gasteiger charge is 2.53. The first-order chi connectivity index (χ1) is 14.0. The summed E-state index contributed by atoms with van der Waals surface area (Å²) in [5, 5.41) is 0. The molecule has 0 aromatic carbocycles. The topological polar surface area (TPSA) is 81.2 Å². The van der Waals surface area contributed by atoms with Crippen LogP contribution in [0.25, 0.3) is 0 Å². The highest BCUT2D eigenvalue weighted by molar-refractivity contribution is 5.94. The number of likely N-dealkylation sites (tertiary alicyclic amines) is 2. The minimum Gasteiger partial charge on any atom is -0.495 e. The number of fused-ring (bicyclic) bond motifs is 2. The molecule has 1 aromatic heterocycles. The molecule has 3 aliphatic rings. The number of hydrogen-bond donors (Lipinski definition) is 0. The van der Waals surface area contributed by atoms with Gasteiger partial charge < -0.3 is 24.0 Å². The number of carbonyl (C=O) groups excluding carboxylic acids is 2. The predicted octanol–water partition coefficient (Wildman–Crippen LogP) is 1.24. The third-order valence-electron chi connectivity index (χ3n) is 6.13. The fourth-order valence-corrected chi connectivity index (χ4v) is 4.65. The molecule has 158 valence electrons. The van der Waals surface area contributed by atoms with Crippen LogP contribution in [0.2, 0.25) is 0 Å². The molecular weight excluding hydrogens is 381 g/mol. The Morgan fingerprint density at radius 1 is 1.28 bits per heavy atom. The van der Waals surface area contributed by atoms with Crippen molar-refractivity contribution in [3.05, 3.63) is 23.8 Å². The third-order valence-corrected chi connectivity index (χ3v) is 6.13. The molecule has 9 heteroatoms. The summed E-state index contributed by atoms with van der Waals surface area (Å²) in [5.41, 5.74) is -1.05. The Hall–Kier alpha value is -2.26. The molecule has 0 radical (unpaired) electrons. The number of nitrogens with zero attached hydrogens (tertiary/aromatic N) is 3. The zero-order valence-corrected chi connectivity index (χ0v) is 16.7. The van der Waals surface area contributed by atoms with Crippen molar-refractivity contribution < 1.29 is 28.2 Å². The molecule has 0 aliphatic carbocycles. The fraction of sp³-hybridized carbons (Fsp3) is 0.650. The van der Waals surface area contributed by atoms with Crippen molar-refractivity contribution in [3.8, 4) is 5.75 Å². The maximum atomic E-state index is 14.3. The number of piperazine rings is 1. The first-order valence-corrected chi connectivity index (χ1v) is 10.0. The molecule has 29 heavy (non-hydrogen) atoms. The minimum absolute atomic E-state index is 0.0176. The van der Waals surface area contributed by atoms with Gasteiger partial charge in [0.25, 0.3) is 11.8 Å². The van der Waals surface area contributed by atoms with E-state index in [1.807, 2.05) is 11.8 Å². The molecule has 1 aromatic rings. The van der Waals surface area contributed by atoms with Crippen molar-refractivity contribution in [1.29, 1.82) is 0 Å². The summed E-state index contributed by atoms with van der Waals surface area (Å²) < 4.78 is 30.5. The van der Waals surface area contributed by atoms with Gasteiger partial charge in [-0.05, 0) is 13.3 Å². The van der Waals surface area contributed by atoms with Crippen molar-refractivity contribution in [1.82, 2.24) is 14.8 Å². The van der Waals surface area contributed by atoms with Gasteiger partial charge in [-0.2, -0.15) is 0 Å². The van der Waals surface area contributed by atoms with Crippen molar-refractivity contribution >= 4 is 11.8 Å². The van der Waals surface area contributed by atoms with Gasteiger partial charge in [0.1, 0.15) is 5.75 Å². The van der Waals surface area contributed by atoms with Gasteiger partial charge >= 0.3 is 0 Å². The molecule has 4 rings (SSSR count). The number of aromatic nitrogens is 1. The molecule has 2 amide bonds. The van der Waals surface area contributed by atoms with Crippen molar-refractivity contribution in [2.24, 2.45) is 0 Å². The molecular formula is C20H26FN3O5. The molecule has 8 nitrogen and oxygen atoms in total. The van der Waals surface area contributed by atoms with E-state index in [2.05, 4.69) is 4.98 Å². The van der Waals surface area contributed by atoms with Crippen LogP contribution in [0.1, 0.15) is 36.7 Å². The van der Waals surface area contributed by atoms with Gasteiger partial charge in [0.15, 0.2) is 17.1 Å². The SMILES string of the molecule is CCOC1(C(=O)N2C[C@@H]3C[C@H]2CN3C(=O)c2ncc(OC)cc2F)CCOCC1. The van der Waals surface area contributed by atoms with Gasteiger partial charge in [-0.25, -0.2) is 9.37 Å². The quantitative estimate of drug-likeness (QED) is 0.731. The summed E-state index contributed by atoms with van der Waals surface area (Å²) in [6.07, 6.45) is 3.10. The lowest BCUT2D eigenvalue weighted by molar-refractivity contribution is -0.172. The smallest absolute Gasteiger partial charge is 0.275 e. The van der Waals surface area contributed by atoms with Crippen LogP contribution in [0, 0.1) is 5.82 Å². The average molecular weight is 407 g/mol. The molecule has 4 heterocycles. The normalized spacial score (nSPS) is 25.3. The molecule has 0 unspecified atom stereocenters. The summed E-state index contributed by atoms with van der Waals surface area (Å²) in [6.45, 7) is 4.16. The van der Waals surface area contributed by atoms with Crippen molar-refractivity contribution in [2.75, 3.05) is 40.0 Å². The average Bonchev–Trinajstić information content (AvgIpc) is 3.34. The predicted molar refractivity (Wildman–Crippen MR) is 100 cm³/mol. The van der Waals surface area contributed by atoms with E-state index in [1.54, 1.807) is 4.90 Å². The molecule has 3 aliphatic heterocycles. The van der Waals surface area contributed by atoms with E-state index in [9.17, 15) is 14.0 Å². The van der Waals surface area contributed by atoms with Gasteiger partial charge in [-0.3, -0.25) is 9.59 Å². The van der Waals surface area contributed by atoms with Crippen molar-refractivity contribution in [3.63, 3.8) is 0 Å². The van der Waals surface area contributed by atoms with E-state index < -0.39 is 17.3 Å². The fourth-order valence-electron chi connectivity index (χ4n) is 4.65. The van der Waals surface area contributed by atoms with Crippen molar-refractivity contribution in [2.45, 2.75) is 43.9 Å². The molecule has 3 fully saturated rings. The molecule has 3 saturated heterocycles. The number of methoxy groups -OCH3 is 1. The van der Waals surface area contributed by atoms with Crippen LogP contribution in [-0.2, 0) is 14.3 Å². The number of hydrogen-bond acceptors (Lipinski definition) is 6. The van der Waals surface area contributed by atoms with E-state index in [4.69, 9.17) is 14.2 Å². The van der Waals surface area contributed by atoms with E-state index in [0.717, 1.165) is 6.07 Å². The number of carbonyl (C=O) groups is 2. The second-order valence-corrected chi connectivity index (χ2v) is 7.70. The van der Waals surface area contributed by atoms with E-state index in [0.29, 0.717) is 52.2 Å². The number of amides is 2. The summed E-state index contributed by atoms with van der Waals surface area (Å²) in [4.78, 5) is 33.6. The van der Waals surface area contributed by atoms with E-state index in [-0.39, 0.29) is 29.4 Å². The van der Waals surface area contributed by atoms with Gasteiger partial charge in [0.05, 0.1) is 25.4 Å². The zero-order chi connectivity index (χ0) is 20.6. The van der Waals surface area contributed by atoms with Crippen LogP contribution in [0.5, 0.6) is 5.75 Å². The molecule has 2 atom stereocenters. The second kappa shape index (κ2) is 7.87. The Kier molecular flexibility index (Phi) is 5.44. The Labute approximate surface area is 168 Å². The van der Waals surface area contributed by atoms with Gasteiger partial charge in [-0.15, -0.1) is 0 Å². The maximum Gasteiger partial charge on any atom is 0.275 e. The number of pyridine rings is 1. The van der Waals surface area contributed by atoms with Gasteiger partial charge in [-0.1, -0.05) is 0 Å². The number of halogens is 1. The Bertz CT molecular complexity index is 793. The Morgan fingerprint density at radius 2 is 1.97 bits per heavy atom. The third kappa shape index (κ3) is 3.46. The highest BCUT2D eigenvalue weighted by atomic mass is 19.1. The first kappa shape index (κ1) is 20.0. The van der Waals surface area contributed by atoms with Crippen LogP contribution in [0.4, 0.5) is 4.39 Å². The Balaban J connectivity index is 1.47. The summed E-state index contributed by atoms with van der Waals surface area (Å²) >= 11 is 0. The van der Waals surface area contributed by atoms with Crippen LogP contribution in [-0.4, -0.2) is 84.3 Å². The number of ether oxygens (including phenoxy) is 3. The number of rotatable bonds is 5. The first-order valence-electron chi connectivity index (χ1n) is 10.0. The summed E-state index contributed by atoms with van der Waals surface area (Å²) in [7, 11) is 1.41. The van der Waals surface area contributed by atoms with E-state index in [1.165, 1.54) is 13.3 Å². The highest BCUT2D eigenvalue weighted by Crippen LogP contribution is 2.36. The standard InChI is InChI=1S/C20H26FN3O5/c1-3-29-20(4-6-28-7-5-20)19(26)24-12-13-8-14(24)11-23(13)18(25)17-16(21)9-15(27-2)10-22-17/h9-10,13-14H,3-8,11-12H2,1-2H3/t13-,14-/m0/s1. The molecule has 0 saturated carbocycles. The zero-order valence-electron chi connectivity index (χ0n) is 16.7. The van der Waals surface area contributed by atoms with Crippen LogP contribution in [0.15, 0.2) is 12.3 Å². The summed E-state index contributed by atoms with van der Waals surface area (Å²) in [6, 6.07) is 0.928. The largest absolute Gasteiger partial charge is 0.495 e. The second-order valence-electron chi connectivity index (χ2n) is 7.70.